The van der Waals surface area contributed by atoms with Gasteiger partial charge in [-0.15, -0.1) is 0 Å². The highest BCUT2D eigenvalue weighted by molar-refractivity contribution is 7.87. The minimum atomic E-state index is -4.70. The number of benzene rings is 1. The van der Waals surface area contributed by atoms with Crippen molar-refractivity contribution in [1.29, 1.82) is 0 Å². The number of hydrogen-bond donors (Lipinski definition) is 3. The van der Waals surface area contributed by atoms with Gasteiger partial charge in [-0.3, -0.25) is 0 Å². The number of hydrogen-bond acceptors (Lipinski definition) is 8. The molecule has 0 spiro atoms. The second-order valence-electron chi connectivity index (χ2n) is 7.06. The van der Waals surface area contributed by atoms with E-state index >= 15 is 0 Å². The number of aliphatic hydroxyl groups excluding tert-OH is 1. The molecule has 1 atom stereocenters. The largest absolute Gasteiger partial charge is 0.491 e. The van der Waals surface area contributed by atoms with E-state index < -0.39 is 64.7 Å². The molecule has 0 aliphatic carbocycles. The third kappa shape index (κ3) is 8.67. The number of ether oxygens (including phenoxy) is 3. The molecule has 3 N–H and O–H groups in total. The molecule has 200 valence electrons. The number of nitrogens with one attached hydrogen (secondary N) is 1. The first-order chi connectivity index (χ1) is 16.9. The smallest absolute Gasteiger partial charge is 0.422 e. The second kappa shape index (κ2) is 12.9. The molecule has 2 rings (SSSR count). The summed E-state index contributed by atoms with van der Waals surface area (Å²) in [6, 6.07) is 6.57. The van der Waals surface area contributed by atoms with Crippen LogP contribution >= 0.6 is 11.6 Å². The van der Waals surface area contributed by atoms with E-state index in [-0.39, 0.29) is 10.9 Å². The van der Waals surface area contributed by atoms with E-state index in [2.05, 4.69) is 4.98 Å². The maximum absolute atomic E-state index is 12.7. The molecule has 0 bridgehead atoms. The number of pyridine rings is 1. The predicted octanol–water partition coefficient (Wildman–Crippen LogP) is 2.53. The minimum Gasteiger partial charge on any atom is -0.491 e. The van der Waals surface area contributed by atoms with Gasteiger partial charge in [-0.25, -0.2) is 9.78 Å². The van der Waals surface area contributed by atoms with Gasteiger partial charge in [0.1, 0.15) is 23.5 Å². The van der Waals surface area contributed by atoms with Gasteiger partial charge in [-0.1, -0.05) is 23.7 Å². The van der Waals surface area contributed by atoms with Crippen molar-refractivity contribution in [2.75, 3.05) is 33.5 Å². The van der Waals surface area contributed by atoms with E-state index in [9.17, 15) is 36.6 Å². The minimum absolute atomic E-state index is 0.131. The zero-order valence-corrected chi connectivity index (χ0v) is 20.3. The van der Waals surface area contributed by atoms with Crippen LogP contribution in [0.5, 0.6) is 11.6 Å². The maximum atomic E-state index is 12.7. The molecule has 16 heteroatoms. The van der Waals surface area contributed by atoms with Gasteiger partial charge in [0.15, 0.2) is 0 Å². The Morgan fingerprint density at radius 2 is 1.92 bits per heavy atom. The lowest BCUT2D eigenvalue weighted by atomic mass is 10.2. The molecule has 0 fully saturated rings. The number of amides is 1. The number of carboxylic acid groups (broad SMARTS) is 1. The van der Waals surface area contributed by atoms with Crippen LogP contribution in [0.3, 0.4) is 0 Å². The Labute approximate surface area is 209 Å². The van der Waals surface area contributed by atoms with Gasteiger partial charge in [-0.05, 0) is 23.8 Å². The van der Waals surface area contributed by atoms with Gasteiger partial charge in [-0.2, -0.15) is 30.6 Å². The zero-order chi connectivity index (χ0) is 26.9. The SMILES string of the molecule is COCCOc1ccc(CN(C(=O)O)S(=O)(=O)NCC(CO)Oc2ncc(C(F)(F)F)cc2Cl)cc1. The third-order valence-electron chi connectivity index (χ3n) is 4.42. The monoisotopic (exact) mass is 557 g/mol. The first-order valence-corrected chi connectivity index (χ1v) is 11.9. The van der Waals surface area contributed by atoms with Crippen LogP contribution in [0.1, 0.15) is 11.1 Å². The average Bonchev–Trinajstić information content (AvgIpc) is 2.81. The fourth-order valence-electron chi connectivity index (χ4n) is 2.60. The molecule has 0 saturated heterocycles. The van der Waals surface area contributed by atoms with E-state index in [1.54, 1.807) is 0 Å². The fourth-order valence-corrected chi connectivity index (χ4v) is 3.89. The average molecular weight is 558 g/mol. The van der Waals surface area contributed by atoms with Crippen LogP contribution in [0, 0.1) is 0 Å². The molecular formula is C20H23ClF3N3O8S. The van der Waals surface area contributed by atoms with Crippen molar-refractivity contribution < 1.29 is 50.8 Å². The van der Waals surface area contributed by atoms with E-state index in [1.165, 1.54) is 31.4 Å². The van der Waals surface area contributed by atoms with Crippen molar-refractivity contribution in [3.63, 3.8) is 0 Å². The summed E-state index contributed by atoms with van der Waals surface area (Å²) in [7, 11) is -3.13. The van der Waals surface area contributed by atoms with Crippen LogP contribution in [0.15, 0.2) is 36.5 Å². The highest BCUT2D eigenvalue weighted by Crippen LogP contribution is 2.33. The molecule has 36 heavy (non-hydrogen) atoms. The Morgan fingerprint density at radius 3 is 2.44 bits per heavy atom. The molecule has 1 amide bonds. The number of aliphatic hydroxyl groups is 1. The molecule has 1 aromatic heterocycles. The summed E-state index contributed by atoms with van der Waals surface area (Å²) in [5.74, 6) is -0.0112. The molecular weight excluding hydrogens is 535 g/mol. The number of methoxy groups -OCH3 is 1. The Balaban J connectivity index is 2.04. The molecule has 1 aromatic carbocycles. The lowest BCUT2D eigenvalue weighted by Crippen LogP contribution is -2.47. The molecule has 11 nitrogen and oxygen atoms in total. The van der Waals surface area contributed by atoms with Crippen LogP contribution in [0.4, 0.5) is 18.0 Å². The molecule has 2 aromatic rings. The van der Waals surface area contributed by atoms with Gasteiger partial charge in [0.2, 0.25) is 5.88 Å². The van der Waals surface area contributed by atoms with Crippen LogP contribution in [0.25, 0.3) is 0 Å². The lowest BCUT2D eigenvalue weighted by molar-refractivity contribution is -0.137. The molecule has 0 aliphatic rings. The van der Waals surface area contributed by atoms with Crippen LogP contribution in [-0.2, 0) is 27.7 Å². The van der Waals surface area contributed by atoms with Gasteiger partial charge in [0.05, 0.1) is 31.9 Å². The van der Waals surface area contributed by atoms with Crippen molar-refractivity contribution in [1.82, 2.24) is 14.0 Å². The molecule has 0 saturated carbocycles. The Hall–Kier alpha value is -2.85. The summed E-state index contributed by atoms with van der Waals surface area (Å²) in [5, 5.41) is 18.4. The Kier molecular flexibility index (Phi) is 10.5. The number of nitrogens with zero attached hydrogens (tertiary/aromatic N) is 2. The van der Waals surface area contributed by atoms with Gasteiger partial charge >= 0.3 is 22.5 Å². The molecule has 1 heterocycles. The van der Waals surface area contributed by atoms with Crippen molar-refractivity contribution in [2.24, 2.45) is 0 Å². The van der Waals surface area contributed by atoms with Crippen molar-refractivity contribution in [3.8, 4) is 11.6 Å². The third-order valence-corrected chi connectivity index (χ3v) is 6.09. The van der Waals surface area contributed by atoms with Gasteiger partial charge in [0, 0.05) is 13.3 Å². The number of aromatic nitrogens is 1. The van der Waals surface area contributed by atoms with Crippen molar-refractivity contribution >= 4 is 27.9 Å². The summed E-state index contributed by atoms with van der Waals surface area (Å²) in [4.78, 5) is 15.1. The predicted molar refractivity (Wildman–Crippen MR) is 120 cm³/mol. The lowest BCUT2D eigenvalue weighted by Gasteiger charge is -2.22. The quantitative estimate of drug-likeness (QED) is 0.316. The first-order valence-electron chi connectivity index (χ1n) is 10.1. The topological polar surface area (TPSA) is 148 Å². The molecule has 0 aliphatic heterocycles. The summed E-state index contributed by atoms with van der Waals surface area (Å²) in [5.41, 5.74) is -0.801. The molecule has 0 radical (unpaired) electrons. The summed E-state index contributed by atoms with van der Waals surface area (Å²) in [6.45, 7) is -1.33. The number of rotatable bonds is 13. The highest BCUT2D eigenvalue weighted by Gasteiger charge is 2.32. The first kappa shape index (κ1) is 29.4. The summed E-state index contributed by atoms with van der Waals surface area (Å²) >= 11 is 5.75. The van der Waals surface area contributed by atoms with Gasteiger partial charge in [0.25, 0.3) is 0 Å². The number of carbonyl (C=O) groups is 1. The van der Waals surface area contributed by atoms with Crippen molar-refractivity contribution in [3.05, 3.63) is 52.7 Å². The van der Waals surface area contributed by atoms with E-state index in [1.807, 2.05) is 4.72 Å². The van der Waals surface area contributed by atoms with Crippen LogP contribution < -0.4 is 14.2 Å². The molecule has 1 unspecified atom stereocenters. The van der Waals surface area contributed by atoms with Crippen LogP contribution in [0.2, 0.25) is 5.02 Å². The van der Waals surface area contributed by atoms with Gasteiger partial charge < -0.3 is 24.4 Å². The second-order valence-corrected chi connectivity index (χ2v) is 9.15. The summed E-state index contributed by atoms with van der Waals surface area (Å²) in [6.07, 6.45) is -7.36. The van der Waals surface area contributed by atoms with Crippen LogP contribution in [-0.4, -0.2) is 73.6 Å². The van der Waals surface area contributed by atoms with E-state index in [0.717, 1.165) is 0 Å². The maximum Gasteiger partial charge on any atom is 0.422 e. The van der Waals surface area contributed by atoms with E-state index in [0.29, 0.717) is 30.2 Å². The standard InChI is InChI=1S/C20H23ClF3N3O8S/c1-33-6-7-34-15-4-2-13(3-5-15)11-27(19(29)30)36(31,32)26-10-16(12-28)35-18-17(21)8-14(9-25-18)20(22,23)24/h2-5,8-9,16,26,28H,6-7,10-12H2,1H3,(H,29,30). The Bertz CT molecular complexity index is 1120. The fraction of sp³-hybridized carbons (Fsp3) is 0.400. The number of halogens is 4. The summed E-state index contributed by atoms with van der Waals surface area (Å²) < 4.78 is 81.0. The van der Waals surface area contributed by atoms with E-state index in [4.69, 9.17) is 25.8 Å². The van der Waals surface area contributed by atoms with Crippen molar-refractivity contribution in [2.45, 2.75) is 18.8 Å². The number of alkyl halides is 3. The highest BCUT2D eigenvalue weighted by atomic mass is 35.5. The Morgan fingerprint density at radius 1 is 1.25 bits per heavy atom. The zero-order valence-electron chi connectivity index (χ0n) is 18.7. The normalized spacial score (nSPS) is 12.7.